The van der Waals surface area contributed by atoms with E-state index in [4.69, 9.17) is 11.6 Å². The van der Waals surface area contributed by atoms with Gasteiger partial charge in [-0.25, -0.2) is 4.98 Å². The second-order valence-corrected chi connectivity index (χ2v) is 6.09. The van der Waals surface area contributed by atoms with Crippen LogP contribution >= 0.6 is 11.6 Å². The quantitative estimate of drug-likeness (QED) is 0.805. The van der Waals surface area contributed by atoms with Crippen molar-refractivity contribution in [1.29, 1.82) is 0 Å². The predicted molar refractivity (Wildman–Crippen MR) is 85.7 cm³/mol. The van der Waals surface area contributed by atoms with Crippen LogP contribution in [0.4, 0.5) is 5.69 Å². The minimum Gasteiger partial charge on any atom is -0.342 e. The highest BCUT2D eigenvalue weighted by Crippen LogP contribution is 2.22. The Morgan fingerprint density at radius 3 is 3.00 bits per heavy atom. The zero-order valence-corrected chi connectivity index (χ0v) is 13.6. The Hall–Kier alpha value is -1.66. The lowest BCUT2D eigenvalue weighted by molar-refractivity contribution is -0.128. The molecule has 1 fully saturated rings. The number of pyridine rings is 1. The normalized spacial score (nSPS) is 18.1. The zero-order chi connectivity index (χ0) is 16.1. The minimum atomic E-state index is -0.330. The predicted octanol–water partition coefficient (Wildman–Crippen LogP) is 1.47. The van der Waals surface area contributed by atoms with E-state index in [0.29, 0.717) is 18.8 Å². The molecule has 7 heteroatoms. The third-order valence-electron chi connectivity index (χ3n) is 3.64. The molecule has 2 heterocycles. The third-order valence-corrected chi connectivity index (χ3v) is 3.94. The molecule has 0 saturated carbocycles. The number of carbonyl (C=O) groups is 2. The Morgan fingerprint density at radius 1 is 1.55 bits per heavy atom. The number of amides is 2. The van der Waals surface area contributed by atoms with Crippen LogP contribution < -0.4 is 5.32 Å². The Morgan fingerprint density at radius 2 is 2.32 bits per heavy atom. The summed E-state index contributed by atoms with van der Waals surface area (Å²) in [6.07, 6.45) is 2.72. The van der Waals surface area contributed by atoms with E-state index < -0.39 is 0 Å². The van der Waals surface area contributed by atoms with Crippen LogP contribution in [-0.2, 0) is 9.59 Å². The molecule has 2 rings (SSSR count). The van der Waals surface area contributed by atoms with Gasteiger partial charge in [0.05, 0.1) is 11.6 Å². The van der Waals surface area contributed by atoms with E-state index in [1.54, 1.807) is 23.2 Å². The summed E-state index contributed by atoms with van der Waals surface area (Å²) in [6.45, 7) is 2.08. The van der Waals surface area contributed by atoms with Crippen molar-refractivity contribution in [2.45, 2.75) is 12.8 Å². The monoisotopic (exact) mass is 324 g/mol. The van der Waals surface area contributed by atoms with E-state index in [0.717, 1.165) is 13.0 Å². The first-order valence-electron chi connectivity index (χ1n) is 7.31. The van der Waals surface area contributed by atoms with E-state index in [1.165, 1.54) is 0 Å². The standard InChI is InChI=1S/C15H21ClN4O2/c1-19(2)7-4-8-20-10-11(9-13(20)21)15(22)18-12-5-3-6-17-14(12)16/h3,5-6,11H,4,7-10H2,1-2H3,(H,18,22). The first kappa shape index (κ1) is 16.7. The van der Waals surface area contributed by atoms with Crippen LogP contribution in [-0.4, -0.2) is 60.3 Å². The summed E-state index contributed by atoms with van der Waals surface area (Å²) < 4.78 is 0. The highest BCUT2D eigenvalue weighted by atomic mass is 35.5. The van der Waals surface area contributed by atoms with Crippen molar-refractivity contribution >= 4 is 29.1 Å². The van der Waals surface area contributed by atoms with Crippen LogP contribution in [0.2, 0.25) is 5.15 Å². The molecule has 1 aromatic rings. The summed E-state index contributed by atoms with van der Waals surface area (Å²) in [4.78, 5) is 32.0. The SMILES string of the molecule is CN(C)CCCN1CC(C(=O)Nc2cccnc2Cl)CC1=O. The van der Waals surface area contributed by atoms with Gasteiger partial charge in [-0.15, -0.1) is 0 Å². The second kappa shape index (κ2) is 7.56. The molecule has 1 N–H and O–H groups in total. The van der Waals surface area contributed by atoms with Crippen LogP contribution in [0.25, 0.3) is 0 Å². The van der Waals surface area contributed by atoms with Crippen molar-refractivity contribution < 1.29 is 9.59 Å². The van der Waals surface area contributed by atoms with E-state index in [9.17, 15) is 9.59 Å². The molecule has 1 aliphatic heterocycles. The molecule has 0 radical (unpaired) electrons. The molecule has 2 amide bonds. The highest BCUT2D eigenvalue weighted by Gasteiger charge is 2.34. The number of nitrogens with one attached hydrogen (secondary N) is 1. The Balaban J connectivity index is 1.87. The van der Waals surface area contributed by atoms with Gasteiger partial charge in [0.2, 0.25) is 11.8 Å². The summed E-state index contributed by atoms with van der Waals surface area (Å²) in [5.74, 6) is -0.474. The largest absolute Gasteiger partial charge is 0.342 e. The van der Waals surface area contributed by atoms with Gasteiger partial charge in [0.15, 0.2) is 5.15 Å². The summed E-state index contributed by atoms with van der Waals surface area (Å²) in [6, 6.07) is 3.40. The van der Waals surface area contributed by atoms with E-state index in [2.05, 4.69) is 15.2 Å². The fourth-order valence-corrected chi connectivity index (χ4v) is 2.62. The van der Waals surface area contributed by atoms with E-state index in [-0.39, 0.29) is 29.3 Å². The molecule has 0 spiro atoms. The smallest absolute Gasteiger partial charge is 0.229 e. The van der Waals surface area contributed by atoms with Crippen molar-refractivity contribution in [2.75, 3.05) is 39.0 Å². The average molecular weight is 325 g/mol. The number of carbonyl (C=O) groups excluding carboxylic acids is 2. The number of halogens is 1. The number of rotatable bonds is 6. The molecule has 120 valence electrons. The van der Waals surface area contributed by atoms with Gasteiger partial charge in [-0.2, -0.15) is 0 Å². The summed E-state index contributed by atoms with van der Waals surface area (Å²) in [7, 11) is 4.00. The summed E-state index contributed by atoms with van der Waals surface area (Å²) in [5.41, 5.74) is 0.479. The third kappa shape index (κ3) is 4.42. The van der Waals surface area contributed by atoms with Crippen LogP contribution in [0, 0.1) is 5.92 Å². The maximum atomic E-state index is 12.3. The number of anilines is 1. The van der Waals surface area contributed by atoms with Gasteiger partial charge < -0.3 is 15.1 Å². The van der Waals surface area contributed by atoms with Crippen molar-refractivity contribution in [3.8, 4) is 0 Å². The van der Waals surface area contributed by atoms with Crippen molar-refractivity contribution in [3.63, 3.8) is 0 Å². The van der Waals surface area contributed by atoms with Gasteiger partial charge in [-0.05, 0) is 39.2 Å². The van der Waals surface area contributed by atoms with Crippen LogP contribution in [0.3, 0.4) is 0 Å². The van der Waals surface area contributed by atoms with E-state index in [1.807, 2.05) is 14.1 Å². The van der Waals surface area contributed by atoms with Crippen molar-refractivity contribution in [1.82, 2.24) is 14.8 Å². The van der Waals surface area contributed by atoms with Crippen molar-refractivity contribution in [3.05, 3.63) is 23.5 Å². The Kier molecular flexibility index (Phi) is 5.74. The minimum absolute atomic E-state index is 0.0381. The molecule has 1 aromatic heterocycles. The van der Waals surface area contributed by atoms with Crippen LogP contribution in [0.15, 0.2) is 18.3 Å². The molecule has 0 aromatic carbocycles. The average Bonchev–Trinajstić information content (AvgIpc) is 2.83. The van der Waals surface area contributed by atoms with Gasteiger partial charge in [0.1, 0.15) is 0 Å². The molecular weight excluding hydrogens is 304 g/mol. The Bertz CT molecular complexity index is 550. The zero-order valence-electron chi connectivity index (χ0n) is 12.9. The highest BCUT2D eigenvalue weighted by molar-refractivity contribution is 6.32. The summed E-state index contributed by atoms with van der Waals surface area (Å²) in [5, 5.41) is 3.00. The van der Waals surface area contributed by atoms with Crippen LogP contribution in [0.5, 0.6) is 0 Å². The maximum Gasteiger partial charge on any atom is 0.229 e. The van der Waals surface area contributed by atoms with Gasteiger partial charge in [-0.3, -0.25) is 9.59 Å². The first-order chi connectivity index (χ1) is 10.5. The molecule has 6 nitrogen and oxygen atoms in total. The molecule has 1 unspecified atom stereocenters. The van der Waals surface area contributed by atoms with Gasteiger partial charge >= 0.3 is 0 Å². The molecule has 22 heavy (non-hydrogen) atoms. The van der Waals surface area contributed by atoms with Crippen molar-refractivity contribution in [2.24, 2.45) is 5.92 Å². The van der Waals surface area contributed by atoms with Gasteiger partial charge in [0, 0.05) is 25.7 Å². The molecule has 1 atom stereocenters. The molecular formula is C15H21ClN4O2. The number of likely N-dealkylation sites (tertiary alicyclic amines) is 1. The number of aromatic nitrogens is 1. The lowest BCUT2D eigenvalue weighted by Crippen LogP contribution is -2.30. The number of nitrogens with zero attached hydrogens (tertiary/aromatic N) is 3. The maximum absolute atomic E-state index is 12.3. The van der Waals surface area contributed by atoms with E-state index >= 15 is 0 Å². The molecule has 1 aliphatic rings. The lowest BCUT2D eigenvalue weighted by Gasteiger charge is -2.18. The fraction of sp³-hybridized carbons (Fsp3) is 0.533. The van der Waals surface area contributed by atoms with Crippen LogP contribution in [0.1, 0.15) is 12.8 Å². The van der Waals surface area contributed by atoms with Gasteiger partial charge in [0.25, 0.3) is 0 Å². The van der Waals surface area contributed by atoms with Gasteiger partial charge in [-0.1, -0.05) is 11.6 Å². The molecule has 0 aliphatic carbocycles. The lowest BCUT2D eigenvalue weighted by atomic mass is 10.1. The second-order valence-electron chi connectivity index (χ2n) is 5.73. The number of hydrogen-bond acceptors (Lipinski definition) is 4. The molecule has 1 saturated heterocycles. The summed E-state index contributed by atoms with van der Waals surface area (Å²) >= 11 is 5.92. The fourth-order valence-electron chi connectivity index (χ4n) is 2.46. The Labute approximate surface area is 135 Å². The first-order valence-corrected chi connectivity index (χ1v) is 7.69. The number of hydrogen-bond donors (Lipinski definition) is 1. The topological polar surface area (TPSA) is 65.5 Å². The molecule has 0 bridgehead atoms.